The molecule has 0 radical (unpaired) electrons. The molecule has 0 amide bonds. The second-order valence-electron chi connectivity index (χ2n) is 2.68. The van der Waals surface area contributed by atoms with Crippen molar-refractivity contribution in [2.45, 2.75) is 4.90 Å². The molecule has 72 valence electrons. The van der Waals surface area contributed by atoms with Gasteiger partial charge < -0.3 is 4.55 Å². The van der Waals surface area contributed by atoms with E-state index in [1.165, 1.54) is 12.3 Å². The fourth-order valence-corrected chi connectivity index (χ4v) is 1.97. The quantitative estimate of drug-likeness (QED) is 0.488. The summed E-state index contributed by atoms with van der Waals surface area (Å²) < 4.78 is 21.7. The molecule has 0 saturated carbocycles. The maximum atomic E-state index is 10.8. The van der Waals surface area contributed by atoms with Crippen LogP contribution in [0, 0.1) is 0 Å². The number of nitrogens with zero attached hydrogens (tertiary/aromatic N) is 1. The van der Waals surface area contributed by atoms with E-state index in [-0.39, 0.29) is 34.5 Å². The summed E-state index contributed by atoms with van der Waals surface area (Å²) >= 11 is 3.61. The molecule has 0 aliphatic rings. The molecule has 1 unspecified atom stereocenters. The molecular weight excluding hydrogens is 245 g/mol. The van der Waals surface area contributed by atoms with Crippen molar-refractivity contribution in [1.29, 1.82) is 0 Å². The van der Waals surface area contributed by atoms with Gasteiger partial charge in [0, 0.05) is 11.6 Å². The van der Waals surface area contributed by atoms with Crippen molar-refractivity contribution in [2.24, 2.45) is 0 Å². The maximum Gasteiger partial charge on any atom is 1.00 e. The van der Waals surface area contributed by atoms with Crippen molar-refractivity contribution >= 4 is 33.6 Å². The number of pyridine rings is 1. The van der Waals surface area contributed by atoms with Gasteiger partial charge in [0.1, 0.15) is 0 Å². The molecule has 3 nitrogen and oxygen atoms in total. The van der Waals surface area contributed by atoms with E-state index < -0.39 is 11.1 Å². The van der Waals surface area contributed by atoms with Gasteiger partial charge in [0.15, 0.2) is 0 Å². The Hall–Kier alpha value is 0.0300. The van der Waals surface area contributed by atoms with E-state index in [0.29, 0.717) is 15.9 Å². The number of hydrogen-bond donors (Lipinski definition) is 0. The number of para-hydroxylation sites is 1. The summed E-state index contributed by atoms with van der Waals surface area (Å²) in [5.74, 6) is 0. The minimum absolute atomic E-state index is 0. The summed E-state index contributed by atoms with van der Waals surface area (Å²) in [5.41, 5.74) is 0.410. The Morgan fingerprint density at radius 2 is 2.07 bits per heavy atom. The Kier molecular flexibility index (Phi) is 4.70. The second-order valence-corrected chi connectivity index (χ2v) is 4.00. The monoisotopic (exact) mass is 249 g/mol. The Morgan fingerprint density at radius 1 is 1.33 bits per heavy atom. The minimum atomic E-state index is -2.28. The van der Waals surface area contributed by atoms with Gasteiger partial charge in [-0.25, -0.2) is 0 Å². The predicted molar refractivity (Wildman–Crippen MR) is 53.9 cm³/mol. The summed E-state index contributed by atoms with van der Waals surface area (Å²) in [4.78, 5) is 4.16. The van der Waals surface area contributed by atoms with E-state index in [2.05, 4.69) is 4.98 Å². The van der Waals surface area contributed by atoms with Crippen molar-refractivity contribution in [3.63, 3.8) is 0 Å². The van der Waals surface area contributed by atoms with E-state index in [4.69, 9.17) is 11.6 Å². The molecule has 0 N–H and O–H groups in total. The van der Waals surface area contributed by atoms with Crippen LogP contribution in [0.5, 0.6) is 0 Å². The Balaban J connectivity index is 0.00000112. The molecule has 0 bridgehead atoms. The van der Waals surface area contributed by atoms with Gasteiger partial charge >= 0.3 is 29.6 Å². The largest absolute Gasteiger partial charge is 1.00 e. The van der Waals surface area contributed by atoms with Crippen molar-refractivity contribution in [1.82, 2.24) is 4.98 Å². The first-order chi connectivity index (χ1) is 6.70. The molecule has 0 fully saturated rings. The zero-order chi connectivity index (χ0) is 10.1. The van der Waals surface area contributed by atoms with Crippen LogP contribution in [0.15, 0.2) is 35.4 Å². The summed E-state index contributed by atoms with van der Waals surface area (Å²) in [6.07, 6.45) is 1.49. The molecule has 15 heavy (non-hydrogen) atoms. The number of aromatic nitrogens is 1. The van der Waals surface area contributed by atoms with Crippen LogP contribution in [-0.4, -0.2) is 13.7 Å². The number of benzene rings is 1. The zero-order valence-electron chi connectivity index (χ0n) is 7.94. The van der Waals surface area contributed by atoms with E-state index >= 15 is 0 Å². The molecule has 0 aliphatic carbocycles. The molecule has 2 rings (SSSR count). The van der Waals surface area contributed by atoms with Gasteiger partial charge in [-0.05, 0) is 23.2 Å². The van der Waals surface area contributed by atoms with E-state index in [1.54, 1.807) is 18.2 Å². The Bertz CT molecular complexity index is 520. The summed E-state index contributed by atoms with van der Waals surface area (Å²) in [7, 11) is 0. The number of hydrogen-bond acceptors (Lipinski definition) is 3. The molecular formula is C9H5ClNNaO2S. The first-order valence-corrected chi connectivity index (χ1v) is 5.28. The number of halogens is 1. The molecule has 1 atom stereocenters. The minimum Gasteiger partial charge on any atom is -0.768 e. The van der Waals surface area contributed by atoms with Gasteiger partial charge in [0.25, 0.3) is 0 Å². The average Bonchev–Trinajstić information content (AvgIpc) is 2.17. The third-order valence-electron chi connectivity index (χ3n) is 1.86. The molecule has 0 spiro atoms. The SMILES string of the molecule is O=S([O-])c1cccc2c(Cl)ccnc12.[Na+]. The Morgan fingerprint density at radius 3 is 2.73 bits per heavy atom. The third-order valence-corrected chi connectivity index (χ3v) is 2.88. The van der Waals surface area contributed by atoms with Gasteiger partial charge in [-0.3, -0.25) is 9.19 Å². The standard InChI is InChI=1S/C9H6ClNO2S.Na/c10-7-4-5-11-9-6(7)2-1-3-8(9)14(12)13;/h1-5H,(H,12,13);/q;+1/p-1. The fourth-order valence-electron chi connectivity index (χ4n) is 1.25. The van der Waals surface area contributed by atoms with Crippen LogP contribution < -0.4 is 29.6 Å². The molecule has 0 saturated heterocycles. The van der Waals surface area contributed by atoms with Gasteiger partial charge in [-0.1, -0.05) is 23.7 Å². The van der Waals surface area contributed by atoms with Gasteiger partial charge in [0.05, 0.1) is 15.4 Å². The van der Waals surface area contributed by atoms with Crippen LogP contribution in [0.1, 0.15) is 0 Å². The number of fused-ring (bicyclic) bond motifs is 1. The first kappa shape index (κ1) is 13.1. The molecule has 1 aromatic carbocycles. The van der Waals surface area contributed by atoms with Crippen molar-refractivity contribution in [2.75, 3.05) is 0 Å². The van der Waals surface area contributed by atoms with Gasteiger partial charge in [-0.15, -0.1) is 0 Å². The van der Waals surface area contributed by atoms with Crippen molar-refractivity contribution < 1.29 is 38.3 Å². The summed E-state index contributed by atoms with van der Waals surface area (Å²) in [6, 6.07) is 6.50. The molecule has 6 heteroatoms. The average molecular weight is 250 g/mol. The zero-order valence-corrected chi connectivity index (χ0v) is 11.5. The molecule has 1 heterocycles. The van der Waals surface area contributed by atoms with Crippen LogP contribution >= 0.6 is 11.6 Å². The van der Waals surface area contributed by atoms with E-state index in [1.807, 2.05) is 0 Å². The third kappa shape index (κ3) is 2.58. The van der Waals surface area contributed by atoms with E-state index in [9.17, 15) is 8.76 Å². The molecule has 1 aromatic heterocycles. The predicted octanol–water partition coefficient (Wildman–Crippen LogP) is -0.870. The Labute approximate surface area is 116 Å². The fraction of sp³-hybridized carbons (Fsp3) is 0. The summed E-state index contributed by atoms with van der Waals surface area (Å²) in [5, 5.41) is 1.15. The topological polar surface area (TPSA) is 53.0 Å². The van der Waals surface area contributed by atoms with E-state index in [0.717, 1.165) is 0 Å². The van der Waals surface area contributed by atoms with Gasteiger partial charge in [0.2, 0.25) is 0 Å². The molecule has 2 aromatic rings. The normalized spacial score (nSPS) is 12.1. The summed E-state index contributed by atoms with van der Waals surface area (Å²) in [6.45, 7) is 0. The van der Waals surface area contributed by atoms with Crippen LogP contribution in [-0.2, 0) is 11.1 Å². The van der Waals surface area contributed by atoms with Crippen LogP contribution in [0.2, 0.25) is 5.02 Å². The smallest absolute Gasteiger partial charge is 0.768 e. The first-order valence-electron chi connectivity index (χ1n) is 3.82. The van der Waals surface area contributed by atoms with Crippen LogP contribution in [0.3, 0.4) is 0 Å². The van der Waals surface area contributed by atoms with Gasteiger partial charge in [-0.2, -0.15) is 0 Å². The molecule has 0 aliphatic heterocycles. The van der Waals surface area contributed by atoms with Crippen molar-refractivity contribution in [3.05, 3.63) is 35.5 Å². The second kappa shape index (κ2) is 5.39. The van der Waals surface area contributed by atoms with Crippen LogP contribution in [0.25, 0.3) is 10.9 Å². The number of rotatable bonds is 1. The van der Waals surface area contributed by atoms with Crippen LogP contribution in [0.4, 0.5) is 0 Å². The maximum absolute atomic E-state index is 10.8. The van der Waals surface area contributed by atoms with Crippen molar-refractivity contribution in [3.8, 4) is 0 Å².